The number of nitrogens with zero attached hydrogens (tertiary/aromatic N) is 2. The minimum absolute atomic E-state index is 0.170. The molecule has 1 aromatic rings. The number of amides is 1. The summed E-state index contributed by atoms with van der Waals surface area (Å²) in [7, 11) is 0. The van der Waals surface area contributed by atoms with Gasteiger partial charge in [-0.25, -0.2) is 0 Å². The van der Waals surface area contributed by atoms with Crippen molar-refractivity contribution < 1.29 is 4.79 Å². The summed E-state index contributed by atoms with van der Waals surface area (Å²) in [5, 5.41) is 0. The molecule has 1 aliphatic rings. The standard InChI is InChI=1S/C12H16N2O/c1-10(15)14-8-3-2-6-12(14)11-5-4-7-13-9-11/h4-5,7,9,12H,2-3,6,8H2,1H3/t12-/m0/s1. The Morgan fingerprint density at radius 2 is 2.40 bits per heavy atom. The molecule has 0 spiro atoms. The molecule has 2 heterocycles. The molecule has 1 saturated heterocycles. The number of piperidine rings is 1. The quantitative estimate of drug-likeness (QED) is 0.702. The second kappa shape index (κ2) is 4.43. The van der Waals surface area contributed by atoms with Gasteiger partial charge in [-0.05, 0) is 30.9 Å². The van der Waals surface area contributed by atoms with Crippen LogP contribution < -0.4 is 0 Å². The van der Waals surface area contributed by atoms with E-state index in [2.05, 4.69) is 11.1 Å². The first-order valence-corrected chi connectivity index (χ1v) is 5.46. The van der Waals surface area contributed by atoms with Crippen LogP contribution in [0.3, 0.4) is 0 Å². The molecule has 2 rings (SSSR count). The number of hydrogen-bond acceptors (Lipinski definition) is 2. The molecular formula is C12H16N2O. The highest BCUT2D eigenvalue weighted by molar-refractivity contribution is 5.73. The van der Waals surface area contributed by atoms with Crippen molar-refractivity contribution in [3.63, 3.8) is 0 Å². The minimum atomic E-state index is 0.170. The summed E-state index contributed by atoms with van der Waals surface area (Å²) in [6.07, 6.45) is 7.02. The van der Waals surface area contributed by atoms with Crippen molar-refractivity contribution in [3.05, 3.63) is 30.1 Å². The lowest BCUT2D eigenvalue weighted by molar-refractivity contribution is -0.132. The molecule has 1 amide bonds. The van der Waals surface area contributed by atoms with Crippen LogP contribution in [0.15, 0.2) is 24.5 Å². The molecule has 0 aromatic carbocycles. The molecule has 0 radical (unpaired) electrons. The van der Waals surface area contributed by atoms with Gasteiger partial charge in [-0.2, -0.15) is 0 Å². The largest absolute Gasteiger partial charge is 0.336 e. The van der Waals surface area contributed by atoms with E-state index in [1.165, 1.54) is 6.42 Å². The maximum Gasteiger partial charge on any atom is 0.219 e. The number of hydrogen-bond donors (Lipinski definition) is 0. The summed E-state index contributed by atoms with van der Waals surface area (Å²) >= 11 is 0. The monoisotopic (exact) mass is 204 g/mol. The highest BCUT2D eigenvalue weighted by Gasteiger charge is 2.25. The molecule has 0 aliphatic carbocycles. The molecular weight excluding hydrogens is 188 g/mol. The van der Waals surface area contributed by atoms with Gasteiger partial charge in [0.05, 0.1) is 6.04 Å². The Morgan fingerprint density at radius 3 is 3.07 bits per heavy atom. The lowest BCUT2D eigenvalue weighted by Crippen LogP contribution is -2.36. The van der Waals surface area contributed by atoms with Gasteiger partial charge in [0.25, 0.3) is 0 Å². The average Bonchev–Trinajstić information content (AvgIpc) is 2.30. The van der Waals surface area contributed by atoms with Gasteiger partial charge in [0, 0.05) is 25.9 Å². The molecule has 15 heavy (non-hydrogen) atoms. The van der Waals surface area contributed by atoms with Crippen molar-refractivity contribution in [3.8, 4) is 0 Å². The fourth-order valence-corrected chi connectivity index (χ4v) is 2.23. The van der Waals surface area contributed by atoms with Crippen LogP contribution in [-0.4, -0.2) is 22.3 Å². The zero-order chi connectivity index (χ0) is 10.7. The van der Waals surface area contributed by atoms with Crippen molar-refractivity contribution in [2.75, 3.05) is 6.54 Å². The van der Waals surface area contributed by atoms with Gasteiger partial charge in [-0.3, -0.25) is 9.78 Å². The molecule has 0 N–H and O–H groups in total. The van der Waals surface area contributed by atoms with Gasteiger partial charge in [-0.15, -0.1) is 0 Å². The van der Waals surface area contributed by atoms with E-state index < -0.39 is 0 Å². The second-order valence-corrected chi connectivity index (χ2v) is 4.01. The van der Waals surface area contributed by atoms with E-state index >= 15 is 0 Å². The molecule has 1 aromatic heterocycles. The van der Waals surface area contributed by atoms with Gasteiger partial charge in [-0.1, -0.05) is 6.07 Å². The minimum Gasteiger partial charge on any atom is -0.336 e. The molecule has 1 atom stereocenters. The predicted molar refractivity (Wildman–Crippen MR) is 58.2 cm³/mol. The predicted octanol–water partition coefficient (Wildman–Crippen LogP) is 2.16. The summed E-state index contributed by atoms with van der Waals surface area (Å²) in [6.45, 7) is 2.53. The first kappa shape index (κ1) is 10.1. The summed E-state index contributed by atoms with van der Waals surface area (Å²) in [5.74, 6) is 0.170. The van der Waals surface area contributed by atoms with Crippen LogP contribution >= 0.6 is 0 Å². The van der Waals surface area contributed by atoms with Crippen LogP contribution in [0.1, 0.15) is 37.8 Å². The second-order valence-electron chi connectivity index (χ2n) is 4.01. The van der Waals surface area contributed by atoms with Crippen molar-refractivity contribution in [2.24, 2.45) is 0 Å². The number of likely N-dealkylation sites (tertiary alicyclic amines) is 1. The van der Waals surface area contributed by atoms with Crippen LogP contribution in [0.2, 0.25) is 0 Å². The van der Waals surface area contributed by atoms with E-state index in [1.807, 2.05) is 17.2 Å². The SMILES string of the molecule is CC(=O)N1CCCC[C@H]1c1cccnc1. The lowest BCUT2D eigenvalue weighted by atomic mass is 9.96. The molecule has 0 bridgehead atoms. The molecule has 1 aliphatic heterocycles. The fraction of sp³-hybridized carbons (Fsp3) is 0.500. The van der Waals surface area contributed by atoms with Crippen LogP contribution in [0.4, 0.5) is 0 Å². The summed E-state index contributed by atoms with van der Waals surface area (Å²) in [4.78, 5) is 17.6. The Hall–Kier alpha value is -1.38. The summed E-state index contributed by atoms with van der Waals surface area (Å²) in [6, 6.07) is 4.23. The third kappa shape index (κ3) is 2.17. The Balaban J connectivity index is 2.22. The van der Waals surface area contributed by atoms with Gasteiger partial charge >= 0.3 is 0 Å². The van der Waals surface area contributed by atoms with E-state index in [9.17, 15) is 4.79 Å². The zero-order valence-electron chi connectivity index (χ0n) is 9.02. The Bertz CT molecular complexity index is 337. The summed E-state index contributed by atoms with van der Waals surface area (Å²) < 4.78 is 0. The fourth-order valence-electron chi connectivity index (χ4n) is 2.23. The molecule has 1 fully saturated rings. The van der Waals surface area contributed by atoms with Crippen molar-refractivity contribution in [1.82, 2.24) is 9.88 Å². The van der Waals surface area contributed by atoms with E-state index in [4.69, 9.17) is 0 Å². The molecule has 3 heteroatoms. The van der Waals surface area contributed by atoms with Gasteiger partial charge < -0.3 is 4.90 Å². The van der Waals surface area contributed by atoms with Crippen LogP contribution in [0, 0.1) is 0 Å². The van der Waals surface area contributed by atoms with Crippen molar-refractivity contribution in [2.45, 2.75) is 32.2 Å². The van der Waals surface area contributed by atoms with Gasteiger partial charge in [0.15, 0.2) is 0 Å². The van der Waals surface area contributed by atoms with Gasteiger partial charge in [0.1, 0.15) is 0 Å². The first-order valence-electron chi connectivity index (χ1n) is 5.46. The smallest absolute Gasteiger partial charge is 0.219 e. The number of aromatic nitrogens is 1. The van der Waals surface area contributed by atoms with E-state index in [0.717, 1.165) is 24.9 Å². The third-order valence-electron chi connectivity index (χ3n) is 2.98. The van der Waals surface area contributed by atoms with Crippen molar-refractivity contribution >= 4 is 5.91 Å². The molecule has 0 unspecified atom stereocenters. The number of carbonyl (C=O) groups excluding carboxylic acids is 1. The Labute approximate surface area is 90.1 Å². The topological polar surface area (TPSA) is 33.2 Å². The van der Waals surface area contributed by atoms with Crippen LogP contribution in [-0.2, 0) is 4.79 Å². The highest BCUT2D eigenvalue weighted by Crippen LogP contribution is 2.30. The van der Waals surface area contributed by atoms with E-state index in [1.54, 1.807) is 13.1 Å². The average molecular weight is 204 g/mol. The molecule has 3 nitrogen and oxygen atoms in total. The zero-order valence-corrected chi connectivity index (χ0v) is 9.02. The number of rotatable bonds is 1. The maximum absolute atomic E-state index is 11.5. The summed E-state index contributed by atoms with van der Waals surface area (Å²) in [5.41, 5.74) is 1.16. The Morgan fingerprint density at radius 1 is 1.53 bits per heavy atom. The van der Waals surface area contributed by atoms with E-state index in [-0.39, 0.29) is 11.9 Å². The molecule has 0 saturated carbocycles. The van der Waals surface area contributed by atoms with Crippen LogP contribution in [0.25, 0.3) is 0 Å². The third-order valence-corrected chi connectivity index (χ3v) is 2.98. The maximum atomic E-state index is 11.5. The first-order chi connectivity index (χ1) is 7.29. The van der Waals surface area contributed by atoms with Crippen molar-refractivity contribution in [1.29, 1.82) is 0 Å². The highest BCUT2D eigenvalue weighted by atomic mass is 16.2. The normalized spacial score (nSPS) is 21.4. The number of carbonyl (C=O) groups is 1. The number of pyridine rings is 1. The lowest BCUT2D eigenvalue weighted by Gasteiger charge is -2.35. The van der Waals surface area contributed by atoms with E-state index in [0.29, 0.717) is 0 Å². The molecule has 80 valence electrons. The van der Waals surface area contributed by atoms with Gasteiger partial charge in [0.2, 0.25) is 5.91 Å². The van der Waals surface area contributed by atoms with Crippen LogP contribution in [0.5, 0.6) is 0 Å². The Kier molecular flexibility index (Phi) is 2.99.